The summed E-state index contributed by atoms with van der Waals surface area (Å²) < 4.78 is 45.2. The van der Waals surface area contributed by atoms with Crippen molar-refractivity contribution in [3.05, 3.63) is 60.4 Å². The normalized spacial score (nSPS) is 11.3. The van der Waals surface area contributed by atoms with Crippen molar-refractivity contribution in [2.75, 3.05) is 5.32 Å². The Balaban J connectivity index is 1.59. The molecule has 3 rings (SSSR count). The monoisotopic (exact) mass is 335 g/mol. The third kappa shape index (κ3) is 4.25. The lowest BCUT2D eigenvalue weighted by Crippen LogP contribution is -2.17. The van der Waals surface area contributed by atoms with Crippen LogP contribution in [0.15, 0.2) is 59.3 Å². The van der Waals surface area contributed by atoms with Gasteiger partial charge in [0, 0.05) is 11.6 Å². The minimum absolute atomic E-state index is 0.322. The van der Waals surface area contributed by atoms with E-state index in [0.29, 0.717) is 23.8 Å². The van der Waals surface area contributed by atoms with Crippen LogP contribution in [-0.4, -0.2) is 16.5 Å². The zero-order valence-corrected chi connectivity index (χ0v) is 12.2. The lowest BCUT2D eigenvalue weighted by molar-refractivity contribution is -0.274. The summed E-state index contributed by atoms with van der Waals surface area (Å²) in [5.74, 6) is 0.656. The highest BCUT2D eigenvalue weighted by molar-refractivity contribution is 5.57. The molecule has 24 heavy (non-hydrogen) atoms. The highest BCUT2D eigenvalue weighted by Crippen LogP contribution is 2.23. The van der Waals surface area contributed by atoms with Crippen LogP contribution >= 0.6 is 0 Å². The van der Waals surface area contributed by atoms with Gasteiger partial charge >= 0.3 is 6.36 Å². The van der Waals surface area contributed by atoms with E-state index in [2.05, 4.69) is 20.2 Å². The second kappa shape index (κ2) is 6.61. The first-order valence-corrected chi connectivity index (χ1v) is 6.96. The number of nitrogens with one attached hydrogen (secondary N) is 1. The molecule has 0 aliphatic heterocycles. The van der Waals surface area contributed by atoms with Crippen LogP contribution in [0.1, 0.15) is 5.69 Å². The molecule has 5 nitrogen and oxygen atoms in total. The predicted octanol–water partition coefficient (Wildman–Crippen LogP) is 4.25. The van der Waals surface area contributed by atoms with Gasteiger partial charge in [-0.15, -0.1) is 13.2 Å². The third-order valence-electron chi connectivity index (χ3n) is 3.04. The Kier molecular flexibility index (Phi) is 4.37. The zero-order chi connectivity index (χ0) is 17.0. The topological polar surface area (TPSA) is 60.2 Å². The van der Waals surface area contributed by atoms with Crippen molar-refractivity contribution < 1.29 is 22.4 Å². The standard InChI is InChI=1S/C16H12F3N3O2/c17-16(18,19)23-13-6-7-15(21-10-13)20-9-12-8-14(24-22-12)11-4-2-1-3-5-11/h1-8,10H,9H2,(H,20,21). The Bertz CT molecular complexity index is 786. The molecule has 0 aliphatic carbocycles. The van der Waals surface area contributed by atoms with E-state index in [1.54, 1.807) is 6.07 Å². The number of aromatic nitrogens is 2. The number of rotatable bonds is 5. The van der Waals surface area contributed by atoms with E-state index in [1.165, 1.54) is 12.1 Å². The number of hydrogen-bond donors (Lipinski definition) is 1. The van der Waals surface area contributed by atoms with Crippen molar-refractivity contribution in [3.8, 4) is 17.1 Å². The van der Waals surface area contributed by atoms with E-state index in [-0.39, 0.29) is 5.75 Å². The lowest BCUT2D eigenvalue weighted by atomic mass is 10.2. The summed E-state index contributed by atoms with van der Waals surface area (Å²) in [4.78, 5) is 3.85. The zero-order valence-electron chi connectivity index (χ0n) is 12.2. The molecule has 0 amide bonds. The van der Waals surface area contributed by atoms with Crippen LogP contribution in [-0.2, 0) is 6.54 Å². The highest BCUT2D eigenvalue weighted by atomic mass is 19.4. The van der Waals surface area contributed by atoms with Gasteiger partial charge in [-0.25, -0.2) is 4.98 Å². The Morgan fingerprint density at radius 3 is 2.54 bits per heavy atom. The average Bonchev–Trinajstić information content (AvgIpc) is 3.03. The van der Waals surface area contributed by atoms with Gasteiger partial charge in [0.05, 0.1) is 12.7 Å². The molecule has 0 unspecified atom stereocenters. The fraction of sp³-hybridized carbons (Fsp3) is 0.125. The minimum atomic E-state index is -4.73. The smallest absolute Gasteiger partial charge is 0.404 e. The van der Waals surface area contributed by atoms with Crippen LogP contribution in [0.2, 0.25) is 0 Å². The summed E-state index contributed by atoms with van der Waals surface area (Å²) >= 11 is 0. The molecule has 2 aromatic heterocycles. The molecule has 0 radical (unpaired) electrons. The maximum absolute atomic E-state index is 12.1. The fourth-order valence-electron chi connectivity index (χ4n) is 1.99. The number of anilines is 1. The van der Waals surface area contributed by atoms with Gasteiger partial charge in [-0.05, 0) is 12.1 Å². The van der Waals surface area contributed by atoms with Crippen LogP contribution in [0.3, 0.4) is 0 Å². The molecule has 2 heterocycles. The molecule has 3 aromatic rings. The molecule has 0 saturated carbocycles. The van der Waals surface area contributed by atoms with Crippen LogP contribution in [0.25, 0.3) is 11.3 Å². The largest absolute Gasteiger partial charge is 0.573 e. The van der Waals surface area contributed by atoms with E-state index in [9.17, 15) is 13.2 Å². The van der Waals surface area contributed by atoms with Crippen LogP contribution < -0.4 is 10.1 Å². The number of ether oxygens (including phenoxy) is 1. The van der Waals surface area contributed by atoms with Gasteiger partial charge in [0.1, 0.15) is 17.3 Å². The summed E-state index contributed by atoms with van der Waals surface area (Å²) in [6.45, 7) is 0.322. The first kappa shape index (κ1) is 15.9. The number of alkyl halides is 3. The van der Waals surface area contributed by atoms with Gasteiger partial charge in [0.25, 0.3) is 0 Å². The summed E-state index contributed by atoms with van der Waals surface area (Å²) in [6, 6.07) is 13.8. The number of hydrogen-bond acceptors (Lipinski definition) is 5. The summed E-state index contributed by atoms with van der Waals surface area (Å²) in [5, 5.41) is 6.88. The van der Waals surface area contributed by atoms with E-state index in [4.69, 9.17) is 4.52 Å². The number of halogens is 3. The maximum atomic E-state index is 12.1. The quantitative estimate of drug-likeness (QED) is 0.755. The molecule has 0 fully saturated rings. The summed E-state index contributed by atoms with van der Waals surface area (Å²) in [6.07, 6.45) is -3.74. The molecule has 0 bridgehead atoms. The first-order valence-electron chi connectivity index (χ1n) is 6.96. The molecule has 0 atom stereocenters. The number of nitrogens with zero attached hydrogens (tertiary/aromatic N) is 2. The molecular formula is C16H12F3N3O2. The fourth-order valence-corrected chi connectivity index (χ4v) is 1.99. The number of benzene rings is 1. The number of pyridine rings is 1. The first-order chi connectivity index (χ1) is 11.5. The van der Waals surface area contributed by atoms with Crippen LogP contribution in [0.5, 0.6) is 5.75 Å². The van der Waals surface area contributed by atoms with Gasteiger partial charge in [0.2, 0.25) is 0 Å². The molecule has 1 N–H and O–H groups in total. The minimum Gasteiger partial charge on any atom is -0.404 e. The lowest BCUT2D eigenvalue weighted by Gasteiger charge is -2.09. The Morgan fingerprint density at radius 2 is 1.88 bits per heavy atom. The van der Waals surface area contributed by atoms with Crippen molar-refractivity contribution >= 4 is 5.82 Å². The summed E-state index contributed by atoms with van der Waals surface area (Å²) in [5.41, 5.74) is 1.55. The van der Waals surface area contributed by atoms with Gasteiger partial charge in [0.15, 0.2) is 5.76 Å². The average molecular weight is 335 g/mol. The van der Waals surface area contributed by atoms with Gasteiger partial charge < -0.3 is 14.6 Å². The maximum Gasteiger partial charge on any atom is 0.573 e. The van der Waals surface area contributed by atoms with Crippen LogP contribution in [0, 0.1) is 0 Å². The van der Waals surface area contributed by atoms with Crippen molar-refractivity contribution in [1.29, 1.82) is 0 Å². The molecule has 0 saturated heterocycles. The molecular weight excluding hydrogens is 323 g/mol. The van der Waals surface area contributed by atoms with E-state index < -0.39 is 6.36 Å². The van der Waals surface area contributed by atoms with Gasteiger partial charge in [-0.1, -0.05) is 35.5 Å². The molecule has 8 heteroatoms. The third-order valence-corrected chi connectivity index (χ3v) is 3.04. The van der Waals surface area contributed by atoms with E-state index in [1.807, 2.05) is 30.3 Å². The van der Waals surface area contributed by atoms with Crippen molar-refractivity contribution in [1.82, 2.24) is 10.1 Å². The Morgan fingerprint density at radius 1 is 1.08 bits per heavy atom. The molecule has 0 aliphatic rings. The van der Waals surface area contributed by atoms with E-state index >= 15 is 0 Å². The van der Waals surface area contributed by atoms with Gasteiger partial charge in [-0.2, -0.15) is 0 Å². The molecule has 0 spiro atoms. The Hall–Kier alpha value is -3.03. The highest BCUT2D eigenvalue weighted by Gasteiger charge is 2.31. The van der Waals surface area contributed by atoms with Crippen molar-refractivity contribution in [2.24, 2.45) is 0 Å². The van der Waals surface area contributed by atoms with E-state index in [0.717, 1.165) is 11.8 Å². The Labute approximate surface area is 135 Å². The molecule has 124 valence electrons. The molecule has 1 aromatic carbocycles. The predicted molar refractivity (Wildman–Crippen MR) is 80.2 cm³/mol. The second-order valence-corrected chi connectivity index (χ2v) is 4.83. The SMILES string of the molecule is FC(F)(F)Oc1ccc(NCc2cc(-c3ccccc3)on2)nc1. The van der Waals surface area contributed by atoms with Crippen LogP contribution in [0.4, 0.5) is 19.0 Å². The van der Waals surface area contributed by atoms with Crippen molar-refractivity contribution in [3.63, 3.8) is 0 Å². The van der Waals surface area contributed by atoms with Crippen molar-refractivity contribution in [2.45, 2.75) is 12.9 Å². The van der Waals surface area contributed by atoms with Gasteiger partial charge in [-0.3, -0.25) is 0 Å². The second-order valence-electron chi connectivity index (χ2n) is 4.83. The summed E-state index contributed by atoms with van der Waals surface area (Å²) in [7, 11) is 0.